The number of para-hydroxylation sites is 1. The zero-order chi connectivity index (χ0) is 21.2. The normalized spacial score (nSPS) is 9.83. The van der Waals surface area contributed by atoms with Crippen LogP contribution in [0, 0.1) is 0 Å². The Balaban J connectivity index is 0.000000221. The number of nitrogens with one attached hydrogen (secondary N) is 1. The summed E-state index contributed by atoms with van der Waals surface area (Å²) in [5, 5.41) is 8.46. The second kappa shape index (κ2) is 11.1. The fourth-order valence-electron chi connectivity index (χ4n) is 2.77. The number of aldehydes is 1. The molecule has 29 heavy (non-hydrogen) atoms. The van der Waals surface area contributed by atoms with Gasteiger partial charge < -0.3 is 15.0 Å². The molecular formula is C23H27N3O2S. The SMILES string of the molecule is CN(C)c1ccccc1-c1ccc(C=O)cc1.CNc1ccc(SN)c(OC)c1. The summed E-state index contributed by atoms with van der Waals surface area (Å²) in [7, 11) is 7.55. The molecule has 0 unspecified atom stereocenters. The van der Waals surface area contributed by atoms with Gasteiger partial charge in [-0.15, -0.1) is 0 Å². The molecule has 5 nitrogen and oxygen atoms in total. The van der Waals surface area contributed by atoms with Crippen molar-refractivity contribution in [1.29, 1.82) is 0 Å². The minimum absolute atomic E-state index is 0.705. The molecule has 0 aromatic heterocycles. The Hall–Kier alpha value is -2.96. The summed E-state index contributed by atoms with van der Waals surface area (Å²) in [6, 6.07) is 21.7. The van der Waals surface area contributed by atoms with E-state index in [2.05, 4.69) is 22.3 Å². The van der Waals surface area contributed by atoms with Gasteiger partial charge in [-0.3, -0.25) is 9.93 Å². The monoisotopic (exact) mass is 409 g/mol. The van der Waals surface area contributed by atoms with Gasteiger partial charge in [0.05, 0.1) is 12.0 Å². The van der Waals surface area contributed by atoms with E-state index >= 15 is 0 Å². The van der Waals surface area contributed by atoms with Crippen LogP contribution in [0.2, 0.25) is 0 Å². The molecule has 6 heteroatoms. The molecule has 3 aromatic rings. The molecule has 0 fully saturated rings. The summed E-state index contributed by atoms with van der Waals surface area (Å²) in [5.74, 6) is 0.800. The first kappa shape index (κ1) is 22.3. The zero-order valence-corrected chi connectivity index (χ0v) is 18.0. The molecule has 0 bridgehead atoms. The Morgan fingerprint density at radius 1 is 1.03 bits per heavy atom. The van der Waals surface area contributed by atoms with Crippen LogP contribution in [-0.4, -0.2) is 34.5 Å². The highest BCUT2D eigenvalue weighted by atomic mass is 32.2. The lowest BCUT2D eigenvalue weighted by Crippen LogP contribution is -2.09. The topological polar surface area (TPSA) is 67.6 Å². The Labute approximate surface area is 177 Å². The van der Waals surface area contributed by atoms with Crippen LogP contribution in [0.15, 0.2) is 71.6 Å². The Morgan fingerprint density at radius 3 is 2.28 bits per heavy atom. The first-order valence-corrected chi connectivity index (χ1v) is 9.96. The van der Waals surface area contributed by atoms with E-state index in [9.17, 15) is 4.79 Å². The number of methoxy groups -OCH3 is 1. The first-order valence-electron chi connectivity index (χ1n) is 9.08. The Bertz CT molecular complexity index is 928. The summed E-state index contributed by atoms with van der Waals surface area (Å²) >= 11 is 1.19. The molecule has 0 aliphatic rings. The van der Waals surface area contributed by atoms with Crippen LogP contribution < -0.4 is 20.1 Å². The third-order valence-electron chi connectivity index (χ3n) is 4.32. The number of ether oxygens (including phenoxy) is 1. The van der Waals surface area contributed by atoms with Crippen LogP contribution in [0.1, 0.15) is 10.4 Å². The van der Waals surface area contributed by atoms with E-state index in [1.807, 2.05) is 75.7 Å². The number of hydrogen-bond donors (Lipinski definition) is 2. The van der Waals surface area contributed by atoms with E-state index < -0.39 is 0 Å². The number of anilines is 2. The smallest absolute Gasteiger partial charge is 0.150 e. The number of nitrogens with zero attached hydrogens (tertiary/aromatic N) is 1. The summed E-state index contributed by atoms with van der Waals surface area (Å²) in [6.07, 6.45) is 0.863. The number of nitrogens with two attached hydrogens (primary N) is 1. The van der Waals surface area contributed by atoms with E-state index in [0.717, 1.165) is 28.2 Å². The van der Waals surface area contributed by atoms with Crippen molar-refractivity contribution in [3.05, 3.63) is 72.3 Å². The summed E-state index contributed by atoms with van der Waals surface area (Å²) in [6.45, 7) is 0. The van der Waals surface area contributed by atoms with Crippen molar-refractivity contribution in [2.75, 3.05) is 38.5 Å². The van der Waals surface area contributed by atoms with E-state index in [0.29, 0.717) is 5.56 Å². The first-order chi connectivity index (χ1) is 14.0. The van der Waals surface area contributed by atoms with Gasteiger partial charge in [-0.1, -0.05) is 42.5 Å². The number of carbonyl (C=O) groups is 1. The predicted molar refractivity (Wildman–Crippen MR) is 124 cm³/mol. The lowest BCUT2D eigenvalue weighted by atomic mass is 10.0. The van der Waals surface area contributed by atoms with Gasteiger partial charge in [0.15, 0.2) is 0 Å². The van der Waals surface area contributed by atoms with Crippen molar-refractivity contribution in [2.45, 2.75) is 4.90 Å². The quantitative estimate of drug-likeness (QED) is 0.444. The van der Waals surface area contributed by atoms with Gasteiger partial charge in [-0.25, -0.2) is 0 Å². The molecule has 3 N–H and O–H groups in total. The van der Waals surface area contributed by atoms with Crippen molar-refractivity contribution >= 4 is 29.6 Å². The zero-order valence-electron chi connectivity index (χ0n) is 17.2. The average molecular weight is 410 g/mol. The van der Waals surface area contributed by atoms with E-state index in [4.69, 9.17) is 9.88 Å². The van der Waals surface area contributed by atoms with Gasteiger partial charge in [0, 0.05) is 49.7 Å². The van der Waals surface area contributed by atoms with E-state index in [1.165, 1.54) is 23.2 Å². The lowest BCUT2D eigenvalue weighted by Gasteiger charge is -2.17. The van der Waals surface area contributed by atoms with Crippen molar-refractivity contribution < 1.29 is 9.53 Å². The number of hydrogen-bond acceptors (Lipinski definition) is 6. The summed E-state index contributed by atoms with van der Waals surface area (Å²) in [5.41, 5.74) is 5.20. The maximum atomic E-state index is 10.6. The van der Waals surface area contributed by atoms with Crippen molar-refractivity contribution in [2.24, 2.45) is 5.14 Å². The van der Waals surface area contributed by atoms with Gasteiger partial charge in [0.25, 0.3) is 0 Å². The van der Waals surface area contributed by atoms with E-state index in [1.54, 1.807) is 7.11 Å². The van der Waals surface area contributed by atoms with Crippen molar-refractivity contribution in [3.8, 4) is 16.9 Å². The molecule has 0 atom stereocenters. The molecule has 152 valence electrons. The van der Waals surface area contributed by atoms with Crippen LogP contribution in [0.3, 0.4) is 0 Å². The fourth-order valence-corrected chi connectivity index (χ4v) is 3.17. The van der Waals surface area contributed by atoms with Crippen molar-refractivity contribution in [3.63, 3.8) is 0 Å². The van der Waals surface area contributed by atoms with Gasteiger partial charge in [-0.2, -0.15) is 0 Å². The maximum absolute atomic E-state index is 10.6. The molecule has 0 amide bonds. The second-order valence-electron chi connectivity index (χ2n) is 6.38. The Kier molecular flexibility index (Phi) is 8.58. The third-order valence-corrected chi connectivity index (χ3v) is 4.91. The molecule has 0 aliphatic heterocycles. The standard InChI is InChI=1S/C15H15NO.C8H12N2OS/c1-16(2)15-6-4-3-5-14(15)13-9-7-12(11-17)8-10-13;1-10-6-3-4-8(12-9)7(5-6)11-2/h3-11H,1-2H3;3-5,10H,9H2,1-2H3. The molecular weight excluding hydrogens is 382 g/mol. The van der Waals surface area contributed by atoms with Gasteiger partial charge >= 0.3 is 0 Å². The van der Waals surface area contributed by atoms with Crippen LogP contribution >= 0.6 is 11.9 Å². The minimum atomic E-state index is 0.705. The predicted octanol–water partition coefficient (Wildman–Crippen LogP) is 4.93. The highest BCUT2D eigenvalue weighted by Gasteiger charge is 2.05. The average Bonchev–Trinajstić information content (AvgIpc) is 2.79. The molecule has 0 saturated heterocycles. The minimum Gasteiger partial charge on any atom is -0.495 e. The molecule has 0 heterocycles. The number of benzene rings is 3. The van der Waals surface area contributed by atoms with Crippen LogP contribution in [-0.2, 0) is 0 Å². The van der Waals surface area contributed by atoms with Crippen molar-refractivity contribution in [1.82, 2.24) is 0 Å². The molecule has 3 aromatic carbocycles. The molecule has 3 rings (SSSR count). The largest absolute Gasteiger partial charge is 0.495 e. The molecule has 0 radical (unpaired) electrons. The molecule has 0 spiro atoms. The highest BCUT2D eigenvalue weighted by molar-refractivity contribution is 7.97. The highest BCUT2D eigenvalue weighted by Crippen LogP contribution is 2.30. The fraction of sp³-hybridized carbons (Fsp3) is 0.174. The van der Waals surface area contributed by atoms with Crippen LogP contribution in [0.4, 0.5) is 11.4 Å². The number of rotatable bonds is 6. The second-order valence-corrected chi connectivity index (χ2v) is 7.06. The summed E-state index contributed by atoms with van der Waals surface area (Å²) < 4.78 is 5.14. The van der Waals surface area contributed by atoms with Gasteiger partial charge in [0.1, 0.15) is 12.0 Å². The lowest BCUT2D eigenvalue weighted by molar-refractivity contribution is 0.112. The van der Waals surface area contributed by atoms with E-state index in [-0.39, 0.29) is 0 Å². The van der Waals surface area contributed by atoms with Gasteiger partial charge in [0.2, 0.25) is 0 Å². The van der Waals surface area contributed by atoms with Gasteiger partial charge in [-0.05, 0) is 35.7 Å². The molecule has 0 saturated carbocycles. The third kappa shape index (κ3) is 6.01. The number of carbonyl (C=O) groups excluding carboxylic acids is 1. The van der Waals surface area contributed by atoms with Crippen LogP contribution in [0.5, 0.6) is 5.75 Å². The Morgan fingerprint density at radius 2 is 1.72 bits per heavy atom. The molecule has 0 aliphatic carbocycles. The van der Waals surface area contributed by atoms with Crippen LogP contribution in [0.25, 0.3) is 11.1 Å². The summed E-state index contributed by atoms with van der Waals surface area (Å²) in [4.78, 5) is 13.6. The maximum Gasteiger partial charge on any atom is 0.150 e.